The van der Waals surface area contributed by atoms with Crippen LogP contribution in [0.1, 0.15) is 17.0 Å². The van der Waals surface area contributed by atoms with Crippen molar-refractivity contribution in [1.82, 2.24) is 15.5 Å². The van der Waals surface area contributed by atoms with Crippen molar-refractivity contribution in [3.05, 3.63) is 59.6 Å². The van der Waals surface area contributed by atoms with Crippen molar-refractivity contribution < 1.29 is 0 Å². The Bertz CT molecular complexity index is 567. The molecule has 3 nitrogen and oxygen atoms in total. The Morgan fingerprint density at radius 2 is 2.17 bits per heavy atom. The third-order valence-corrected chi connectivity index (χ3v) is 3.61. The van der Waals surface area contributed by atoms with Gasteiger partial charge in [0.25, 0.3) is 0 Å². The van der Waals surface area contributed by atoms with E-state index in [1.54, 1.807) is 0 Å². The predicted molar refractivity (Wildman–Crippen MR) is 73.9 cm³/mol. The van der Waals surface area contributed by atoms with Gasteiger partial charge in [0.15, 0.2) is 0 Å². The van der Waals surface area contributed by atoms with E-state index in [0.717, 1.165) is 17.1 Å². The van der Waals surface area contributed by atoms with Crippen LogP contribution < -0.4 is 5.32 Å². The first-order chi connectivity index (χ1) is 8.69. The van der Waals surface area contributed by atoms with Crippen LogP contribution in [0, 0.1) is 19.8 Å². The molecule has 0 bridgehead atoms. The summed E-state index contributed by atoms with van der Waals surface area (Å²) < 4.78 is 0. The molecule has 2 aliphatic rings. The molecule has 2 unspecified atom stereocenters. The number of hydrogen-bond acceptors (Lipinski definition) is 2. The highest BCUT2D eigenvalue weighted by molar-refractivity contribution is 5.78. The smallest absolute Gasteiger partial charge is 0.0672 e. The third-order valence-electron chi connectivity index (χ3n) is 3.61. The van der Waals surface area contributed by atoms with Crippen LogP contribution in [-0.4, -0.2) is 16.2 Å². The van der Waals surface area contributed by atoms with Gasteiger partial charge in [0.05, 0.1) is 11.7 Å². The van der Waals surface area contributed by atoms with Gasteiger partial charge in [-0.1, -0.05) is 30.9 Å². The van der Waals surface area contributed by atoms with E-state index < -0.39 is 0 Å². The first-order valence-corrected chi connectivity index (χ1v) is 6.22. The Kier molecular flexibility index (Phi) is 2.47. The summed E-state index contributed by atoms with van der Waals surface area (Å²) in [6, 6.07) is 0.340. The lowest BCUT2D eigenvalue weighted by Gasteiger charge is -2.19. The van der Waals surface area contributed by atoms with Crippen LogP contribution in [0.3, 0.4) is 0 Å². The average molecular weight is 239 g/mol. The quantitative estimate of drug-likeness (QED) is 0.833. The summed E-state index contributed by atoms with van der Waals surface area (Å²) in [4.78, 5) is 0. The molecule has 3 heteroatoms. The van der Waals surface area contributed by atoms with Crippen molar-refractivity contribution in [1.29, 1.82) is 0 Å². The number of H-pyrrole nitrogens is 1. The fourth-order valence-electron chi connectivity index (χ4n) is 2.71. The second-order valence-electron chi connectivity index (χ2n) is 4.86. The average Bonchev–Trinajstić information content (AvgIpc) is 2.92. The van der Waals surface area contributed by atoms with Gasteiger partial charge >= 0.3 is 0 Å². The maximum absolute atomic E-state index is 4.26. The van der Waals surface area contributed by atoms with Gasteiger partial charge in [0, 0.05) is 22.9 Å². The first kappa shape index (κ1) is 11.1. The van der Waals surface area contributed by atoms with Gasteiger partial charge in [-0.25, -0.2) is 0 Å². The lowest BCUT2D eigenvalue weighted by Crippen LogP contribution is -2.26. The zero-order valence-corrected chi connectivity index (χ0v) is 10.7. The predicted octanol–water partition coefficient (Wildman–Crippen LogP) is 2.64. The zero-order valence-electron chi connectivity index (χ0n) is 10.7. The minimum absolute atomic E-state index is 0.340. The Balaban J connectivity index is 1.95. The molecule has 2 heterocycles. The van der Waals surface area contributed by atoms with E-state index in [1.807, 2.05) is 13.0 Å². The molecule has 0 radical (unpaired) electrons. The summed E-state index contributed by atoms with van der Waals surface area (Å²) in [5.41, 5.74) is 5.76. The molecular formula is C15H17N3. The molecule has 18 heavy (non-hydrogen) atoms. The van der Waals surface area contributed by atoms with Crippen molar-refractivity contribution in [2.75, 3.05) is 0 Å². The number of aryl methyl sites for hydroxylation is 2. The van der Waals surface area contributed by atoms with Gasteiger partial charge in [0.1, 0.15) is 0 Å². The minimum atomic E-state index is 0.340. The van der Waals surface area contributed by atoms with Gasteiger partial charge in [-0.3, -0.25) is 5.10 Å². The van der Waals surface area contributed by atoms with E-state index in [-0.39, 0.29) is 0 Å². The Morgan fingerprint density at radius 1 is 1.33 bits per heavy atom. The van der Waals surface area contributed by atoms with Crippen LogP contribution in [0.2, 0.25) is 0 Å². The number of allylic oxidation sites excluding steroid dienone is 3. The SMILES string of the molecule is C=CC1=CC2C=CC(c3c(C)n[nH]c3C)=CC2N1. The molecule has 3 rings (SSSR count). The molecule has 0 fully saturated rings. The monoisotopic (exact) mass is 239 g/mol. The second-order valence-corrected chi connectivity index (χ2v) is 4.86. The minimum Gasteiger partial charge on any atom is -0.378 e. The van der Waals surface area contributed by atoms with Crippen LogP contribution in [-0.2, 0) is 0 Å². The van der Waals surface area contributed by atoms with Crippen LogP contribution >= 0.6 is 0 Å². The summed E-state index contributed by atoms with van der Waals surface area (Å²) in [7, 11) is 0. The summed E-state index contributed by atoms with van der Waals surface area (Å²) in [5, 5.41) is 10.8. The largest absolute Gasteiger partial charge is 0.378 e. The maximum atomic E-state index is 4.26. The molecular weight excluding hydrogens is 222 g/mol. The summed E-state index contributed by atoms with van der Waals surface area (Å²) in [5.74, 6) is 0.439. The van der Waals surface area contributed by atoms with E-state index in [2.05, 4.69) is 53.3 Å². The molecule has 1 aliphatic carbocycles. The lowest BCUT2D eigenvalue weighted by atomic mass is 9.90. The van der Waals surface area contributed by atoms with Gasteiger partial charge in [-0.2, -0.15) is 5.10 Å². The summed E-state index contributed by atoms with van der Waals surface area (Å²) in [6.45, 7) is 7.91. The molecule has 0 saturated heterocycles. The van der Waals surface area contributed by atoms with Gasteiger partial charge < -0.3 is 5.32 Å². The topological polar surface area (TPSA) is 40.7 Å². The molecule has 1 aromatic heterocycles. The number of hydrogen-bond donors (Lipinski definition) is 2. The molecule has 92 valence electrons. The fourth-order valence-corrected chi connectivity index (χ4v) is 2.71. The highest BCUT2D eigenvalue weighted by Gasteiger charge is 2.26. The van der Waals surface area contributed by atoms with Crippen molar-refractivity contribution >= 4 is 5.57 Å². The van der Waals surface area contributed by atoms with Crippen LogP contribution in [0.25, 0.3) is 5.57 Å². The molecule has 0 spiro atoms. The second kappa shape index (κ2) is 4.02. The van der Waals surface area contributed by atoms with Crippen molar-refractivity contribution in [3.8, 4) is 0 Å². The molecule has 0 saturated carbocycles. The van der Waals surface area contributed by atoms with Gasteiger partial charge in [0.2, 0.25) is 0 Å². The zero-order chi connectivity index (χ0) is 12.7. The standard InChI is InChI=1S/C15H17N3/c1-4-13-7-11-5-6-12(8-14(11)16-13)15-9(2)17-18-10(15)3/h4-8,11,14,16H,1H2,2-3H3,(H,17,18). The van der Waals surface area contributed by atoms with E-state index in [1.165, 1.54) is 11.1 Å². The number of nitrogens with one attached hydrogen (secondary N) is 2. The van der Waals surface area contributed by atoms with Crippen LogP contribution in [0.15, 0.2) is 42.7 Å². The molecule has 0 amide bonds. The number of fused-ring (bicyclic) bond motifs is 1. The van der Waals surface area contributed by atoms with Crippen molar-refractivity contribution in [3.63, 3.8) is 0 Å². The summed E-state index contributed by atoms with van der Waals surface area (Å²) in [6.07, 6.45) is 10.8. The summed E-state index contributed by atoms with van der Waals surface area (Å²) >= 11 is 0. The first-order valence-electron chi connectivity index (χ1n) is 6.22. The van der Waals surface area contributed by atoms with E-state index in [9.17, 15) is 0 Å². The maximum Gasteiger partial charge on any atom is 0.0672 e. The van der Waals surface area contributed by atoms with Crippen molar-refractivity contribution in [2.24, 2.45) is 5.92 Å². The van der Waals surface area contributed by atoms with Crippen LogP contribution in [0.4, 0.5) is 0 Å². The van der Waals surface area contributed by atoms with Crippen LogP contribution in [0.5, 0.6) is 0 Å². The number of aromatic nitrogens is 2. The molecule has 1 aromatic rings. The molecule has 0 aromatic carbocycles. The molecule has 2 atom stereocenters. The van der Waals surface area contributed by atoms with E-state index >= 15 is 0 Å². The normalized spacial score (nSPS) is 25.2. The molecule has 2 N–H and O–H groups in total. The Labute approximate surface area is 107 Å². The highest BCUT2D eigenvalue weighted by Crippen LogP contribution is 2.31. The Morgan fingerprint density at radius 3 is 2.83 bits per heavy atom. The number of rotatable bonds is 2. The van der Waals surface area contributed by atoms with E-state index in [4.69, 9.17) is 0 Å². The number of aromatic amines is 1. The third kappa shape index (κ3) is 1.63. The fraction of sp³-hybridized carbons (Fsp3) is 0.267. The van der Waals surface area contributed by atoms with E-state index in [0.29, 0.717) is 12.0 Å². The van der Waals surface area contributed by atoms with Gasteiger partial charge in [-0.05, 0) is 25.5 Å². The molecule has 1 aliphatic heterocycles. The van der Waals surface area contributed by atoms with Crippen molar-refractivity contribution in [2.45, 2.75) is 19.9 Å². The lowest BCUT2D eigenvalue weighted by molar-refractivity contribution is 0.644. The highest BCUT2D eigenvalue weighted by atomic mass is 15.1. The van der Waals surface area contributed by atoms with Gasteiger partial charge in [-0.15, -0.1) is 0 Å². The number of nitrogens with zero attached hydrogens (tertiary/aromatic N) is 1. The Hall–Kier alpha value is -2.03.